The zero-order valence-corrected chi connectivity index (χ0v) is 10.3. The highest BCUT2D eigenvalue weighted by molar-refractivity contribution is 5.98. The van der Waals surface area contributed by atoms with Crippen LogP contribution in [-0.4, -0.2) is 12.6 Å². The van der Waals surface area contributed by atoms with Gasteiger partial charge in [0.25, 0.3) is 0 Å². The van der Waals surface area contributed by atoms with E-state index in [4.69, 9.17) is 10.00 Å². The number of rotatable bonds is 3. The van der Waals surface area contributed by atoms with Crippen LogP contribution in [0.25, 0.3) is 6.08 Å². The van der Waals surface area contributed by atoms with Gasteiger partial charge in [-0.2, -0.15) is 5.26 Å². The first-order chi connectivity index (χ1) is 8.08. The topological polar surface area (TPSA) is 50.1 Å². The van der Waals surface area contributed by atoms with Gasteiger partial charge in [0.1, 0.15) is 11.6 Å². The van der Waals surface area contributed by atoms with E-state index < -0.39 is 5.97 Å². The Balaban J connectivity index is 3.07. The van der Waals surface area contributed by atoms with E-state index in [-0.39, 0.29) is 12.2 Å². The first-order valence-electron chi connectivity index (χ1n) is 5.44. The molecule has 0 N–H and O–H groups in total. The van der Waals surface area contributed by atoms with Gasteiger partial charge >= 0.3 is 5.97 Å². The van der Waals surface area contributed by atoms with Crippen LogP contribution in [0.4, 0.5) is 0 Å². The van der Waals surface area contributed by atoms with Crippen LogP contribution in [0.3, 0.4) is 0 Å². The molecule has 0 fully saturated rings. The summed E-state index contributed by atoms with van der Waals surface area (Å²) in [6, 6.07) is 7.70. The number of hydrogen-bond donors (Lipinski definition) is 0. The maximum Gasteiger partial charge on any atom is 0.348 e. The van der Waals surface area contributed by atoms with Crippen LogP contribution in [0.2, 0.25) is 0 Å². The molecule has 3 nitrogen and oxygen atoms in total. The number of nitriles is 1. The Kier molecular flexibility index (Phi) is 4.47. The Labute approximate surface area is 101 Å². The van der Waals surface area contributed by atoms with Gasteiger partial charge in [0.2, 0.25) is 0 Å². The normalized spacial score (nSPS) is 10.8. The van der Waals surface area contributed by atoms with Crippen molar-refractivity contribution in [2.75, 3.05) is 6.61 Å². The van der Waals surface area contributed by atoms with Crippen molar-refractivity contribution in [3.05, 3.63) is 40.5 Å². The minimum Gasteiger partial charge on any atom is -0.462 e. The van der Waals surface area contributed by atoms with Gasteiger partial charge in [0.05, 0.1) is 6.61 Å². The Morgan fingerprint density at radius 3 is 2.71 bits per heavy atom. The second-order valence-electron chi connectivity index (χ2n) is 3.75. The van der Waals surface area contributed by atoms with Crippen molar-refractivity contribution in [2.24, 2.45) is 0 Å². The standard InChI is InChI=1S/C14H15NO2/c1-4-17-14(16)13(9-15)8-12-6-5-10(2)7-11(12)3/h5-8H,4H2,1-3H3/b13-8-. The highest BCUT2D eigenvalue weighted by Crippen LogP contribution is 2.14. The summed E-state index contributed by atoms with van der Waals surface area (Å²) in [7, 11) is 0. The molecule has 0 bridgehead atoms. The molecule has 0 radical (unpaired) electrons. The summed E-state index contributed by atoms with van der Waals surface area (Å²) in [5, 5.41) is 8.91. The predicted octanol–water partition coefficient (Wildman–Crippen LogP) is 2.77. The fourth-order valence-electron chi connectivity index (χ4n) is 1.49. The Morgan fingerprint density at radius 1 is 1.47 bits per heavy atom. The van der Waals surface area contributed by atoms with Crippen molar-refractivity contribution < 1.29 is 9.53 Å². The molecule has 1 aromatic carbocycles. The number of carbonyl (C=O) groups excluding carboxylic acids is 1. The van der Waals surface area contributed by atoms with Crippen molar-refractivity contribution in [3.8, 4) is 6.07 Å². The average molecular weight is 229 g/mol. The number of ether oxygens (including phenoxy) is 1. The van der Waals surface area contributed by atoms with Crippen molar-refractivity contribution >= 4 is 12.0 Å². The number of carbonyl (C=O) groups is 1. The first-order valence-corrected chi connectivity index (χ1v) is 5.44. The summed E-state index contributed by atoms with van der Waals surface area (Å²) < 4.78 is 4.80. The fourth-order valence-corrected chi connectivity index (χ4v) is 1.49. The van der Waals surface area contributed by atoms with Crippen molar-refractivity contribution in [3.63, 3.8) is 0 Å². The number of aryl methyl sites for hydroxylation is 2. The highest BCUT2D eigenvalue weighted by atomic mass is 16.5. The summed E-state index contributed by atoms with van der Waals surface area (Å²) >= 11 is 0. The van der Waals surface area contributed by atoms with Gasteiger partial charge in [-0.1, -0.05) is 23.8 Å². The lowest BCUT2D eigenvalue weighted by molar-refractivity contribution is -0.137. The molecule has 0 amide bonds. The molecule has 3 heteroatoms. The number of esters is 1. The van der Waals surface area contributed by atoms with Crippen LogP contribution in [0, 0.1) is 25.2 Å². The Bertz CT molecular complexity index is 495. The molecule has 0 aliphatic heterocycles. The monoisotopic (exact) mass is 229 g/mol. The molecular weight excluding hydrogens is 214 g/mol. The second kappa shape index (κ2) is 5.86. The van der Waals surface area contributed by atoms with Crippen LogP contribution >= 0.6 is 0 Å². The minimum absolute atomic E-state index is 0.0267. The van der Waals surface area contributed by atoms with Gasteiger partial charge < -0.3 is 4.74 Å². The SMILES string of the molecule is CCOC(=O)/C(C#N)=C\c1ccc(C)cc1C. The Morgan fingerprint density at radius 2 is 2.18 bits per heavy atom. The Hall–Kier alpha value is -2.08. The van der Waals surface area contributed by atoms with E-state index in [0.717, 1.165) is 16.7 Å². The van der Waals surface area contributed by atoms with E-state index in [1.807, 2.05) is 38.1 Å². The molecule has 0 unspecified atom stereocenters. The van der Waals surface area contributed by atoms with E-state index in [0.29, 0.717) is 0 Å². The smallest absolute Gasteiger partial charge is 0.348 e. The molecule has 0 heterocycles. The summed E-state index contributed by atoms with van der Waals surface area (Å²) in [5.41, 5.74) is 3.07. The third-order valence-corrected chi connectivity index (χ3v) is 2.34. The van der Waals surface area contributed by atoms with E-state index in [9.17, 15) is 4.79 Å². The third-order valence-electron chi connectivity index (χ3n) is 2.34. The third kappa shape index (κ3) is 3.46. The van der Waals surface area contributed by atoms with Gasteiger partial charge in [-0.3, -0.25) is 0 Å². The predicted molar refractivity (Wildman–Crippen MR) is 66.1 cm³/mol. The minimum atomic E-state index is -0.574. The van der Waals surface area contributed by atoms with Gasteiger partial charge in [0, 0.05) is 0 Å². The molecule has 0 atom stereocenters. The van der Waals surface area contributed by atoms with Gasteiger partial charge in [-0.15, -0.1) is 0 Å². The largest absolute Gasteiger partial charge is 0.462 e. The van der Waals surface area contributed by atoms with E-state index >= 15 is 0 Å². The maximum atomic E-state index is 11.4. The average Bonchev–Trinajstić information content (AvgIpc) is 2.28. The quantitative estimate of drug-likeness (QED) is 0.455. The molecule has 0 spiro atoms. The first kappa shape index (κ1) is 13.0. The number of nitrogens with zero attached hydrogens (tertiary/aromatic N) is 1. The summed E-state index contributed by atoms with van der Waals surface area (Å²) in [6.45, 7) is 5.92. The molecule has 1 rings (SSSR count). The summed E-state index contributed by atoms with van der Waals surface area (Å²) in [5.74, 6) is -0.574. The molecule has 0 aliphatic rings. The van der Waals surface area contributed by atoms with Crippen molar-refractivity contribution in [1.29, 1.82) is 5.26 Å². The second-order valence-corrected chi connectivity index (χ2v) is 3.75. The van der Waals surface area contributed by atoms with Crippen LogP contribution in [0.15, 0.2) is 23.8 Å². The van der Waals surface area contributed by atoms with E-state index in [1.54, 1.807) is 13.0 Å². The highest BCUT2D eigenvalue weighted by Gasteiger charge is 2.10. The number of benzene rings is 1. The van der Waals surface area contributed by atoms with Crippen molar-refractivity contribution in [1.82, 2.24) is 0 Å². The van der Waals surface area contributed by atoms with Gasteiger partial charge in [0.15, 0.2) is 0 Å². The van der Waals surface area contributed by atoms with Gasteiger partial charge in [-0.05, 0) is 38.0 Å². The molecule has 0 saturated heterocycles. The lowest BCUT2D eigenvalue weighted by atomic mass is 10.0. The van der Waals surface area contributed by atoms with Crippen molar-refractivity contribution in [2.45, 2.75) is 20.8 Å². The summed E-state index contributed by atoms with van der Waals surface area (Å²) in [4.78, 5) is 11.4. The van der Waals surface area contributed by atoms with Crippen LogP contribution in [0.5, 0.6) is 0 Å². The maximum absolute atomic E-state index is 11.4. The molecular formula is C14H15NO2. The molecule has 1 aromatic rings. The van der Waals surface area contributed by atoms with Crippen LogP contribution in [-0.2, 0) is 9.53 Å². The zero-order chi connectivity index (χ0) is 12.8. The van der Waals surface area contributed by atoms with Crippen LogP contribution < -0.4 is 0 Å². The lowest BCUT2D eigenvalue weighted by Gasteiger charge is -2.03. The molecule has 0 aliphatic carbocycles. The number of hydrogen-bond acceptors (Lipinski definition) is 3. The lowest BCUT2D eigenvalue weighted by Crippen LogP contribution is -2.06. The summed E-state index contributed by atoms with van der Waals surface area (Å²) in [6.07, 6.45) is 1.56. The fraction of sp³-hybridized carbons (Fsp3) is 0.286. The van der Waals surface area contributed by atoms with Gasteiger partial charge in [-0.25, -0.2) is 4.79 Å². The van der Waals surface area contributed by atoms with E-state index in [2.05, 4.69) is 0 Å². The molecule has 0 aromatic heterocycles. The molecule has 17 heavy (non-hydrogen) atoms. The molecule has 88 valence electrons. The zero-order valence-electron chi connectivity index (χ0n) is 10.3. The van der Waals surface area contributed by atoms with E-state index in [1.165, 1.54) is 0 Å². The molecule has 0 saturated carbocycles. The van der Waals surface area contributed by atoms with Crippen LogP contribution in [0.1, 0.15) is 23.6 Å².